The molecule has 1 aromatic heterocycles. The Morgan fingerprint density at radius 2 is 2.19 bits per heavy atom. The minimum Gasteiger partial charge on any atom is -0.374 e. The molecule has 2 atom stereocenters. The summed E-state index contributed by atoms with van der Waals surface area (Å²) in [6.07, 6.45) is 5.49. The smallest absolute Gasteiger partial charge is 0.228 e. The summed E-state index contributed by atoms with van der Waals surface area (Å²) in [5.74, 6) is 1.38. The van der Waals surface area contributed by atoms with E-state index in [9.17, 15) is 4.79 Å². The lowest BCUT2D eigenvalue weighted by Gasteiger charge is -2.26. The predicted octanol–water partition coefficient (Wildman–Crippen LogP) is 4.57. The Balaban J connectivity index is 1.54. The molecule has 0 saturated heterocycles. The number of amides is 1. The molecule has 5 nitrogen and oxygen atoms in total. The number of rotatable bonds is 6. The van der Waals surface area contributed by atoms with Crippen molar-refractivity contribution in [1.82, 2.24) is 5.16 Å². The van der Waals surface area contributed by atoms with Crippen LogP contribution in [-0.2, 0) is 22.6 Å². The Hall–Kier alpha value is -2.14. The number of ether oxygens (including phenoxy) is 1. The van der Waals surface area contributed by atoms with E-state index in [0.717, 1.165) is 41.3 Å². The van der Waals surface area contributed by atoms with Gasteiger partial charge in [-0.1, -0.05) is 37.1 Å². The topological polar surface area (TPSA) is 64.4 Å². The van der Waals surface area contributed by atoms with Crippen LogP contribution in [-0.4, -0.2) is 17.2 Å². The molecule has 26 heavy (non-hydrogen) atoms. The van der Waals surface area contributed by atoms with E-state index >= 15 is 0 Å². The summed E-state index contributed by atoms with van der Waals surface area (Å²) >= 11 is 0. The van der Waals surface area contributed by atoms with Crippen LogP contribution < -0.4 is 5.32 Å². The Labute approximate surface area is 155 Å². The van der Waals surface area contributed by atoms with E-state index in [1.165, 1.54) is 12.8 Å². The third kappa shape index (κ3) is 4.94. The third-order valence-electron chi connectivity index (χ3n) is 5.10. The van der Waals surface area contributed by atoms with Crippen molar-refractivity contribution in [2.75, 3.05) is 5.32 Å². The zero-order valence-corrected chi connectivity index (χ0v) is 15.9. The highest BCUT2D eigenvalue weighted by Crippen LogP contribution is 2.26. The molecule has 0 spiro atoms. The highest BCUT2D eigenvalue weighted by Gasteiger charge is 2.19. The predicted molar refractivity (Wildman–Crippen MR) is 101 cm³/mol. The Bertz CT molecular complexity index is 734. The zero-order valence-electron chi connectivity index (χ0n) is 15.9. The van der Waals surface area contributed by atoms with E-state index in [1.807, 2.05) is 38.1 Å². The summed E-state index contributed by atoms with van der Waals surface area (Å²) < 4.78 is 11.2. The van der Waals surface area contributed by atoms with E-state index in [2.05, 4.69) is 17.4 Å². The number of aromatic nitrogens is 1. The molecule has 1 aliphatic rings. The molecule has 1 saturated carbocycles. The lowest BCUT2D eigenvalue weighted by molar-refractivity contribution is -0.115. The molecule has 0 radical (unpaired) electrons. The summed E-state index contributed by atoms with van der Waals surface area (Å²) in [4.78, 5) is 12.3. The van der Waals surface area contributed by atoms with Gasteiger partial charge in [0.2, 0.25) is 5.91 Å². The highest BCUT2D eigenvalue weighted by atomic mass is 16.5. The van der Waals surface area contributed by atoms with Crippen LogP contribution in [0.25, 0.3) is 0 Å². The van der Waals surface area contributed by atoms with Crippen molar-refractivity contribution >= 4 is 11.6 Å². The van der Waals surface area contributed by atoms with Crippen LogP contribution in [0.4, 0.5) is 5.69 Å². The summed E-state index contributed by atoms with van der Waals surface area (Å²) in [6.45, 7) is 6.56. The van der Waals surface area contributed by atoms with Gasteiger partial charge in [-0.05, 0) is 50.3 Å². The number of carbonyl (C=O) groups excluding carboxylic acids is 1. The van der Waals surface area contributed by atoms with Gasteiger partial charge in [0.05, 0.1) is 24.8 Å². The molecule has 1 amide bonds. The SMILES string of the molecule is Cc1noc(C)c1CC(=O)Nc1cccc(CO[C@H]2CCC[C@H](C)C2)c1. The largest absolute Gasteiger partial charge is 0.374 e. The van der Waals surface area contributed by atoms with Crippen LogP contribution >= 0.6 is 0 Å². The molecular weight excluding hydrogens is 328 g/mol. The van der Waals surface area contributed by atoms with Gasteiger partial charge in [0.25, 0.3) is 0 Å². The maximum atomic E-state index is 12.3. The Kier molecular flexibility index (Phi) is 6.09. The quantitative estimate of drug-likeness (QED) is 0.823. The van der Waals surface area contributed by atoms with E-state index in [4.69, 9.17) is 9.26 Å². The second-order valence-corrected chi connectivity index (χ2v) is 7.43. The summed E-state index contributed by atoms with van der Waals surface area (Å²) in [5.41, 5.74) is 3.49. The molecule has 1 heterocycles. The van der Waals surface area contributed by atoms with Gasteiger partial charge in [-0.2, -0.15) is 0 Å². The number of hydrogen-bond acceptors (Lipinski definition) is 4. The van der Waals surface area contributed by atoms with Crippen LogP contribution in [0.2, 0.25) is 0 Å². The van der Waals surface area contributed by atoms with Crippen molar-refractivity contribution in [3.63, 3.8) is 0 Å². The van der Waals surface area contributed by atoms with Crippen molar-refractivity contribution in [1.29, 1.82) is 0 Å². The average Bonchev–Trinajstić information content (AvgIpc) is 2.92. The molecule has 3 rings (SSSR count). The normalized spacial score (nSPS) is 20.1. The fourth-order valence-electron chi connectivity index (χ4n) is 3.60. The first-order chi connectivity index (χ1) is 12.5. The fraction of sp³-hybridized carbons (Fsp3) is 0.524. The van der Waals surface area contributed by atoms with E-state index in [0.29, 0.717) is 18.5 Å². The lowest BCUT2D eigenvalue weighted by atomic mass is 9.89. The van der Waals surface area contributed by atoms with E-state index in [1.54, 1.807) is 0 Å². The first-order valence-electron chi connectivity index (χ1n) is 9.43. The number of aryl methyl sites for hydroxylation is 2. The molecule has 1 fully saturated rings. The number of hydrogen-bond donors (Lipinski definition) is 1. The molecule has 1 aliphatic carbocycles. The number of benzene rings is 1. The number of nitrogens with one attached hydrogen (secondary N) is 1. The Morgan fingerprint density at radius 3 is 2.92 bits per heavy atom. The van der Waals surface area contributed by atoms with Gasteiger partial charge in [0.1, 0.15) is 5.76 Å². The van der Waals surface area contributed by atoms with Crippen LogP contribution in [0, 0.1) is 19.8 Å². The van der Waals surface area contributed by atoms with Crippen LogP contribution in [0.15, 0.2) is 28.8 Å². The van der Waals surface area contributed by atoms with Gasteiger partial charge in [-0.3, -0.25) is 4.79 Å². The first-order valence-corrected chi connectivity index (χ1v) is 9.43. The molecular formula is C21H28N2O3. The molecule has 2 aromatic rings. The van der Waals surface area contributed by atoms with Gasteiger partial charge in [0.15, 0.2) is 0 Å². The van der Waals surface area contributed by atoms with Crippen molar-refractivity contribution in [3.8, 4) is 0 Å². The summed E-state index contributed by atoms with van der Waals surface area (Å²) in [6, 6.07) is 7.87. The van der Waals surface area contributed by atoms with Crippen molar-refractivity contribution in [2.45, 2.75) is 65.6 Å². The summed E-state index contributed by atoms with van der Waals surface area (Å²) in [7, 11) is 0. The summed E-state index contributed by atoms with van der Waals surface area (Å²) in [5, 5.41) is 6.85. The first kappa shape index (κ1) is 18.6. The molecule has 0 aliphatic heterocycles. The van der Waals surface area contributed by atoms with Gasteiger partial charge >= 0.3 is 0 Å². The second kappa shape index (κ2) is 8.49. The van der Waals surface area contributed by atoms with Crippen molar-refractivity contribution in [3.05, 3.63) is 46.8 Å². The minimum atomic E-state index is -0.0708. The van der Waals surface area contributed by atoms with Crippen LogP contribution in [0.3, 0.4) is 0 Å². The van der Waals surface area contributed by atoms with Gasteiger partial charge in [-0.15, -0.1) is 0 Å². The second-order valence-electron chi connectivity index (χ2n) is 7.43. The number of anilines is 1. The number of carbonyl (C=O) groups is 1. The molecule has 140 valence electrons. The molecule has 1 N–H and O–H groups in total. The molecule has 0 bridgehead atoms. The highest BCUT2D eigenvalue weighted by molar-refractivity contribution is 5.92. The van der Waals surface area contributed by atoms with Crippen molar-refractivity contribution < 1.29 is 14.1 Å². The third-order valence-corrected chi connectivity index (χ3v) is 5.10. The van der Waals surface area contributed by atoms with Gasteiger partial charge in [0, 0.05) is 11.3 Å². The van der Waals surface area contributed by atoms with Crippen LogP contribution in [0.1, 0.15) is 55.2 Å². The molecule has 5 heteroatoms. The minimum absolute atomic E-state index is 0.0708. The van der Waals surface area contributed by atoms with Gasteiger partial charge in [-0.25, -0.2) is 0 Å². The van der Waals surface area contributed by atoms with E-state index in [-0.39, 0.29) is 12.3 Å². The standard InChI is InChI=1S/C21H28N2O3/c1-14-6-4-9-19(10-14)25-13-17-7-5-8-18(11-17)22-21(24)12-20-15(2)23-26-16(20)3/h5,7-8,11,14,19H,4,6,9-10,12-13H2,1-3H3,(H,22,24)/t14-,19-/m0/s1. The zero-order chi connectivity index (χ0) is 18.5. The fourth-order valence-corrected chi connectivity index (χ4v) is 3.60. The maximum absolute atomic E-state index is 12.3. The Morgan fingerprint density at radius 1 is 1.35 bits per heavy atom. The number of nitrogens with zero attached hydrogens (tertiary/aromatic N) is 1. The monoisotopic (exact) mass is 356 g/mol. The van der Waals surface area contributed by atoms with Gasteiger partial charge < -0.3 is 14.6 Å². The lowest BCUT2D eigenvalue weighted by Crippen LogP contribution is -2.21. The average molecular weight is 356 g/mol. The molecule has 1 aromatic carbocycles. The maximum Gasteiger partial charge on any atom is 0.228 e. The van der Waals surface area contributed by atoms with E-state index < -0.39 is 0 Å². The van der Waals surface area contributed by atoms with Crippen molar-refractivity contribution in [2.24, 2.45) is 5.92 Å². The molecule has 0 unspecified atom stereocenters. The van der Waals surface area contributed by atoms with Crippen LogP contribution in [0.5, 0.6) is 0 Å².